The summed E-state index contributed by atoms with van der Waals surface area (Å²) in [6.07, 6.45) is 5.97. The molecule has 1 fully saturated rings. The Morgan fingerprint density at radius 2 is 2.13 bits per heavy atom. The van der Waals surface area contributed by atoms with Crippen molar-refractivity contribution < 1.29 is 0 Å². The molecule has 1 aromatic rings. The zero-order valence-electron chi connectivity index (χ0n) is 9.82. The molecule has 0 atom stereocenters. The lowest BCUT2D eigenvalue weighted by Crippen LogP contribution is -2.33. The van der Waals surface area contributed by atoms with Gasteiger partial charge in [-0.2, -0.15) is 5.10 Å². The van der Waals surface area contributed by atoms with Crippen LogP contribution >= 0.6 is 0 Å². The van der Waals surface area contributed by atoms with Crippen molar-refractivity contribution in [2.75, 3.05) is 13.1 Å². The Morgan fingerprint density at radius 1 is 1.40 bits per heavy atom. The molecule has 1 aromatic heterocycles. The van der Waals surface area contributed by atoms with Gasteiger partial charge in [-0.3, -0.25) is 9.58 Å². The Labute approximate surface area is 92.1 Å². The van der Waals surface area contributed by atoms with Gasteiger partial charge in [-0.25, -0.2) is 0 Å². The van der Waals surface area contributed by atoms with Crippen LogP contribution in [0.3, 0.4) is 0 Å². The first-order chi connectivity index (χ1) is 7.29. The minimum Gasteiger partial charge on any atom is -0.298 e. The van der Waals surface area contributed by atoms with Crippen molar-refractivity contribution in [3.8, 4) is 0 Å². The Balaban J connectivity index is 1.85. The van der Waals surface area contributed by atoms with Crippen LogP contribution in [0.1, 0.15) is 31.9 Å². The molecule has 15 heavy (non-hydrogen) atoms. The average molecular weight is 207 g/mol. The first-order valence-corrected chi connectivity index (χ1v) is 5.99. The van der Waals surface area contributed by atoms with Gasteiger partial charge in [0.15, 0.2) is 0 Å². The molecule has 0 aliphatic carbocycles. The monoisotopic (exact) mass is 207 g/mol. The van der Waals surface area contributed by atoms with Crippen molar-refractivity contribution in [2.24, 2.45) is 13.0 Å². The maximum atomic E-state index is 4.20. The highest BCUT2D eigenvalue weighted by atomic mass is 15.3. The summed E-state index contributed by atoms with van der Waals surface area (Å²) < 4.78 is 1.98. The second-order valence-electron chi connectivity index (χ2n) is 4.57. The van der Waals surface area contributed by atoms with E-state index in [-0.39, 0.29) is 0 Å². The van der Waals surface area contributed by atoms with Gasteiger partial charge in [0, 0.05) is 19.8 Å². The van der Waals surface area contributed by atoms with Gasteiger partial charge in [-0.1, -0.05) is 13.3 Å². The van der Waals surface area contributed by atoms with E-state index in [9.17, 15) is 0 Å². The molecule has 3 nitrogen and oxygen atoms in total. The van der Waals surface area contributed by atoms with Crippen LogP contribution in [0, 0.1) is 5.92 Å². The van der Waals surface area contributed by atoms with Gasteiger partial charge in [0.25, 0.3) is 0 Å². The molecule has 0 unspecified atom stereocenters. The maximum absolute atomic E-state index is 4.20. The number of aryl methyl sites for hydroxylation is 1. The Kier molecular flexibility index (Phi) is 3.41. The summed E-state index contributed by atoms with van der Waals surface area (Å²) in [5, 5.41) is 4.20. The summed E-state index contributed by atoms with van der Waals surface area (Å²) in [4.78, 5) is 2.54. The van der Waals surface area contributed by atoms with Gasteiger partial charge in [-0.05, 0) is 37.9 Å². The minimum atomic E-state index is 0.966. The van der Waals surface area contributed by atoms with E-state index in [1.165, 1.54) is 38.0 Å². The fraction of sp³-hybridized carbons (Fsp3) is 0.750. The SMILES string of the molecule is CCC1CCN(Cc2ccnn2C)CC1. The van der Waals surface area contributed by atoms with E-state index >= 15 is 0 Å². The Morgan fingerprint density at radius 3 is 2.67 bits per heavy atom. The minimum absolute atomic E-state index is 0.966. The molecule has 84 valence electrons. The van der Waals surface area contributed by atoms with Crippen molar-refractivity contribution in [1.82, 2.24) is 14.7 Å². The highest BCUT2D eigenvalue weighted by molar-refractivity contribution is 4.99. The largest absolute Gasteiger partial charge is 0.298 e. The lowest BCUT2D eigenvalue weighted by atomic mass is 9.94. The molecule has 2 rings (SSSR count). The van der Waals surface area contributed by atoms with Crippen LogP contribution in [0.15, 0.2) is 12.3 Å². The molecule has 1 aliphatic rings. The summed E-state index contributed by atoms with van der Waals surface area (Å²) >= 11 is 0. The summed E-state index contributed by atoms with van der Waals surface area (Å²) in [6, 6.07) is 2.12. The third-order valence-corrected chi connectivity index (χ3v) is 3.59. The third-order valence-electron chi connectivity index (χ3n) is 3.59. The molecule has 0 saturated carbocycles. The van der Waals surface area contributed by atoms with Crippen LogP contribution in [-0.2, 0) is 13.6 Å². The van der Waals surface area contributed by atoms with Crippen molar-refractivity contribution in [3.63, 3.8) is 0 Å². The maximum Gasteiger partial charge on any atom is 0.0521 e. The topological polar surface area (TPSA) is 21.1 Å². The quantitative estimate of drug-likeness (QED) is 0.756. The molecule has 0 spiro atoms. The Bertz CT molecular complexity index is 298. The number of aromatic nitrogens is 2. The van der Waals surface area contributed by atoms with E-state index in [1.54, 1.807) is 0 Å². The second-order valence-corrected chi connectivity index (χ2v) is 4.57. The van der Waals surface area contributed by atoms with Crippen LogP contribution in [0.4, 0.5) is 0 Å². The highest BCUT2D eigenvalue weighted by Gasteiger charge is 2.18. The number of nitrogens with zero attached hydrogens (tertiary/aromatic N) is 3. The van der Waals surface area contributed by atoms with E-state index < -0.39 is 0 Å². The standard InChI is InChI=1S/C12H21N3/c1-3-11-5-8-15(9-6-11)10-12-4-7-13-14(12)2/h4,7,11H,3,5-6,8-10H2,1-2H3. The summed E-state index contributed by atoms with van der Waals surface area (Å²) in [5.74, 6) is 0.966. The van der Waals surface area contributed by atoms with E-state index in [2.05, 4.69) is 23.0 Å². The molecular formula is C12H21N3. The smallest absolute Gasteiger partial charge is 0.0521 e. The summed E-state index contributed by atoms with van der Waals surface area (Å²) in [7, 11) is 2.02. The molecule has 0 N–H and O–H groups in total. The molecule has 1 saturated heterocycles. The number of likely N-dealkylation sites (tertiary alicyclic amines) is 1. The highest BCUT2D eigenvalue weighted by Crippen LogP contribution is 2.20. The third kappa shape index (κ3) is 2.59. The van der Waals surface area contributed by atoms with Gasteiger partial charge >= 0.3 is 0 Å². The zero-order valence-corrected chi connectivity index (χ0v) is 9.82. The summed E-state index contributed by atoms with van der Waals surface area (Å²) in [6.45, 7) is 5.88. The fourth-order valence-electron chi connectivity index (χ4n) is 2.34. The van der Waals surface area contributed by atoms with Gasteiger partial charge in [-0.15, -0.1) is 0 Å². The predicted octanol–water partition coefficient (Wildman–Crippen LogP) is 2.04. The molecule has 0 bridgehead atoms. The molecule has 0 amide bonds. The van der Waals surface area contributed by atoms with Gasteiger partial charge in [0.2, 0.25) is 0 Å². The van der Waals surface area contributed by atoms with Crippen LogP contribution in [0.2, 0.25) is 0 Å². The lowest BCUT2D eigenvalue weighted by Gasteiger charge is -2.31. The molecule has 0 aromatic carbocycles. The summed E-state index contributed by atoms with van der Waals surface area (Å²) in [5.41, 5.74) is 1.32. The van der Waals surface area contributed by atoms with Crippen LogP contribution in [0.5, 0.6) is 0 Å². The van der Waals surface area contributed by atoms with Crippen molar-refractivity contribution in [2.45, 2.75) is 32.7 Å². The van der Waals surface area contributed by atoms with E-state index in [0.29, 0.717) is 0 Å². The van der Waals surface area contributed by atoms with Crippen LogP contribution in [0.25, 0.3) is 0 Å². The lowest BCUT2D eigenvalue weighted by molar-refractivity contribution is 0.171. The van der Waals surface area contributed by atoms with Gasteiger partial charge < -0.3 is 0 Å². The second kappa shape index (κ2) is 4.79. The fourth-order valence-corrected chi connectivity index (χ4v) is 2.34. The number of hydrogen-bond acceptors (Lipinski definition) is 2. The van der Waals surface area contributed by atoms with Crippen LogP contribution in [-0.4, -0.2) is 27.8 Å². The van der Waals surface area contributed by atoms with Crippen molar-refractivity contribution in [3.05, 3.63) is 18.0 Å². The first-order valence-electron chi connectivity index (χ1n) is 5.99. The predicted molar refractivity (Wildman–Crippen MR) is 61.5 cm³/mol. The van der Waals surface area contributed by atoms with Gasteiger partial charge in [0.1, 0.15) is 0 Å². The number of piperidine rings is 1. The first kappa shape index (κ1) is 10.7. The normalized spacial score (nSPS) is 19.6. The van der Waals surface area contributed by atoms with E-state index in [4.69, 9.17) is 0 Å². The average Bonchev–Trinajstić information content (AvgIpc) is 2.66. The van der Waals surface area contributed by atoms with Gasteiger partial charge in [0.05, 0.1) is 5.69 Å². The van der Waals surface area contributed by atoms with Crippen molar-refractivity contribution in [1.29, 1.82) is 0 Å². The molecule has 0 radical (unpaired) electrons. The molecular weight excluding hydrogens is 186 g/mol. The number of hydrogen-bond donors (Lipinski definition) is 0. The zero-order chi connectivity index (χ0) is 10.7. The molecule has 3 heteroatoms. The van der Waals surface area contributed by atoms with Crippen molar-refractivity contribution >= 4 is 0 Å². The van der Waals surface area contributed by atoms with Crippen LogP contribution < -0.4 is 0 Å². The van der Waals surface area contributed by atoms with E-state index in [0.717, 1.165) is 12.5 Å². The molecule has 1 aliphatic heterocycles. The molecule has 2 heterocycles. The Hall–Kier alpha value is -0.830. The number of rotatable bonds is 3. The van der Waals surface area contributed by atoms with E-state index in [1.807, 2.05) is 17.9 Å².